The molecular weight excluding hydrogens is 434 g/mol. The Morgan fingerprint density at radius 1 is 1.03 bits per heavy atom. The van der Waals surface area contributed by atoms with Crippen LogP contribution in [0.15, 0.2) is 47.6 Å². The van der Waals surface area contributed by atoms with E-state index in [-0.39, 0.29) is 29.5 Å². The Morgan fingerprint density at radius 3 is 2.33 bits per heavy atom. The molecule has 2 amide bonds. The third-order valence-electron chi connectivity index (χ3n) is 5.46. The molecule has 0 spiro atoms. The first-order valence-corrected chi connectivity index (χ1v) is 11.9. The molecule has 33 heavy (non-hydrogen) atoms. The zero-order valence-corrected chi connectivity index (χ0v) is 20.8. The standard InChI is InChI=1S/C25H31N5O2S/c1-15(2)21(27-24(32)19-12-7-9-16(3)13-19)23-28-29-25(30(23)6)33-14-20(31)26-22-17(4)10-8-11-18(22)5/h7-13,15,21H,14H2,1-6H3,(H,26,31)(H,27,32)/t21-/m0/s1. The van der Waals surface area contributed by atoms with Gasteiger partial charge in [-0.3, -0.25) is 9.59 Å². The van der Waals surface area contributed by atoms with E-state index in [1.54, 1.807) is 6.07 Å². The second kappa shape index (κ2) is 10.7. The van der Waals surface area contributed by atoms with Crippen LogP contribution in [0.5, 0.6) is 0 Å². The van der Waals surface area contributed by atoms with Gasteiger partial charge in [0.15, 0.2) is 11.0 Å². The average molecular weight is 466 g/mol. The molecule has 1 atom stereocenters. The molecule has 2 N–H and O–H groups in total. The minimum Gasteiger partial charge on any atom is -0.342 e. The lowest BCUT2D eigenvalue weighted by Gasteiger charge is -2.22. The summed E-state index contributed by atoms with van der Waals surface area (Å²) in [6, 6.07) is 13.1. The molecule has 0 bridgehead atoms. The number of anilines is 1. The second-order valence-corrected chi connectivity index (χ2v) is 9.51. The van der Waals surface area contributed by atoms with Gasteiger partial charge >= 0.3 is 0 Å². The summed E-state index contributed by atoms with van der Waals surface area (Å²) in [7, 11) is 1.86. The van der Waals surface area contributed by atoms with E-state index in [0.717, 1.165) is 22.4 Å². The van der Waals surface area contributed by atoms with E-state index in [1.807, 2.05) is 82.6 Å². The van der Waals surface area contributed by atoms with Crippen molar-refractivity contribution >= 4 is 29.3 Å². The number of rotatable bonds is 8. The van der Waals surface area contributed by atoms with Crippen LogP contribution < -0.4 is 10.6 Å². The highest BCUT2D eigenvalue weighted by Gasteiger charge is 2.25. The number of thioether (sulfide) groups is 1. The summed E-state index contributed by atoms with van der Waals surface area (Å²) in [5, 5.41) is 15.3. The van der Waals surface area contributed by atoms with Crippen molar-refractivity contribution in [2.75, 3.05) is 11.1 Å². The molecule has 1 heterocycles. The first-order valence-electron chi connectivity index (χ1n) is 10.9. The molecule has 3 rings (SSSR count). The van der Waals surface area contributed by atoms with Gasteiger partial charge in [-0.2, -0.15) is 0 Å². The molecule has 0 saturated heterocycles. The van der Waals surface area contributed by atoms with Crippen LogP contribution in [0.3, 0.4) is 0 Å². The fourth-order valence-corrected chi connectivity index (χ4v) is 4.30. The van der Waals surface area contributed by atoms with Crippen molar-refractivity contribution in [3.63, 3.8) is 0 Å². The van der Waals surface area contributed by atoms with Gasteiger partial charge < -0.3 is 15.2 Å². The Bertz CT molecular complexity index is 1140. The molecule has 0 unspecified atom stereocenters. The maximum atomic E-state index is 12.8. The molecule has 0 aliphatic rings. The number of carbonyl (C=O) groups excluding carboxylic acids is 2. The van der Waals surface area contributed by atoms with Gasteiger partial charge in [0, 0.05) is 18.3 Å². The van der Waals surface area contributed by atoms with Crippen LogP contribution in [0.1, 0.15) is 52.8 Å². The number of nitrogens with one attached hydrogen (secondary N) is 2. The number of para-hydroxylation sites is 1. The van der Waals surface area contributed by atoms with Crippen molar-refractivity contribution in [1.29, 1.82) is 0 Å². The predicted molar refractivity (Wildman–Crippen MR) is 132 cm³/mol. The van der Waals surface area contributed by atoms with E-state index in [0.29, 0.717) is 16.5 Å². The summed E-state index contributed by atoms with van der Waals surface area (Å²) in [5.41, 5.74) is 4.54. The van der Waals surface area contributed by atoms with Gasteiger partial charge in [-0.1, -0.05) is 61.5 Å². The van der Waals surface area contributed by atoms with Crippen molar-refractivity contribution in [2.45, 2.75) is 45.8 Å². The van der Waals surface area contributed by atoms with Crippen molar-refractivity contribution in [3.05, 3.63) is 70.5 Å². The highest BCUT2D eigenvalue weighted by atomic mass is 32.2. The number of amides is 2. The fourth-order valence-electron chi connectivity index (χ4n) is 3.58. The Balaban J connectivity index is 1.68. The Hall–Kier alpha value is -3.13. The molecule has 1 aromatic heterocycles. The number of carbonyl (C=O) groups is 2. The Morgan fingerprint density at radius 2 is 1.70 bits per heavy atom. The van der Waals surface area contributed by atoms with E-state index in [1.165, 1.54) is 11.8 Å². The quantitative estimate of drug-likeness (QED) is 0.475. The third-order valence-corrected chi connectivity index (χ3v) is 6.48. The largest absolute Gasteiger partial charge is 0.342 e. The van der Waals surface area contributed by atoms with Gasteiger partial charge in [-0.15, -0.1) is 10.2 Å². The number of aryl methyl sites for hydroxylation is 3. The molecule has 174 valence electrons. The second-order valence-electron chi connectivity index (χ2n) is 8.57. The van der Waals surface area contributed by atoms with Gasteiger partial charge in [0.2, 0.25) is 5.91 Å². The van der Waals surface area contributed by atoms with E-state index >= 15 is 0 Å². The minimum absolute atomic E-state index is 0.102. The highest BCUT2D eigenvalue weighted by molar-refractivity contribution is 7.99. The predicted octanol–water partition coefficient (Wildman–Crippen LogP) is 4.60. The maximum Gasteiger partial charge on any atom is 0.251 e. The SMILES string of the molecule is Cc1cccc(C(=O)N[C@H](c2nnc(SCC(=O)Nc3c(C)cccc3C)n2C)C(C)C)c1. The molecular formula is C25H31N5O2S. The number of nitrogens with zero attached hydrogens (tertiary/aromatic N) is 3. The van der Waals surface area contributed by atoms with Crippen LogP contribution in [0, 0.1) is 26.7 Å². The van der Waals surface area contributed by atoms with Crippen molar-refractivity contribution in [1.82, 2.24) is 20.1 Å². The van der Waals surface area contributed by atoms with Crippen molar-refractivity contribution < 1.29 is 9.59 Å². The van der Waals surface area contributed by atoms with Gasteiger partial charge in [0.05, 0.1) is 11.8 Å². The van der Waals surface area contributed by atoms with Crippen molar-refractivity contribution in [2.24, 2.45) is 13.0 Å². The molecule has 0 radical (unpaired) electrons. The lowest BCUT2D eigenvalue weighted by molar-refractivity contribution is -0.113. The first kappa shape index (κ1) is 24.5. The number of aromatic nitrogens is 3. The van der Waals surface area contributed by atoms with Gasteiger partial charge in [-0.05, 0) is 49.9 Å². The monoisotopic (exact) mass is 465 g/mol. The number of benzene rings is 2. The minimum atomic E-state index is -0.312. The molecule has 8 heteroatoms. The normalized spacial score (nSPS) is 12.0. The first-order chi connectivity index (χ1) is 15.7. The Kier molecular flexibility index (Phi) is 7.92. The Labute approximate surface area is 199 Å². The highest BCUT2D eigenvalue weighted by Crippen LogP contribution is 2.25. The molecule has 2 aromatic carbocycles. The van der Waals surface area contributed by atoms with Gasteiger partial charge in [-0.25, -0.2) is 0 Å². The molecule has 0 aliphatic carbocycles. The zero-order valence-electron chi connectivity index (χ0n) is 20.0. The summed E-state index contributed by atoms with van der Waals surface area (Å²) in [6.07, 6.45) is 0. The summed E-state index contributed by atoms with van der Waals surface area (Å²) in [5.74, 6) is 0.718. The topological polar surface area (TPSA) is 88.9 Å². The van der Waals surface area contributed by atoms with Crippen LogP contribution in [0.25, 0.3) is 0 Å². The summed E-state index contributed by atoms with van der Waals surface area (Å²) < 4.78 is 1.85. The number of hydrogen-bond donors (Lipinski definition) is 2. The maximum absolute atomic E-state index is 12.8. The molecule has 0 saturated carbocycles. The molecule has 0 fully saturated rings. The molecule has 0 aliphatic heterocycles. The lowest BCUT2D eigenvalue weighted by Crippen LogP contribution is -2.33. The lowest BCUT2D eigenvalue weighted by atomic mass is 10.0. The van der Waals surface area contributed by atoms with E-state index in [4.69, 9.17) is 0 Å². The molecule has 3 aromatic rings. The van der Waals surface area contributed by atoms with Crippen LogP contribution in [-0.2, 0) is 11.8 Å². The van der Waals surface area contributed by atoms with Crippen LogP contribution in [-0.4, -0.2) is 32.3 Å². The smallest absolute Gasteiger partial charge is 0.251 e. The van der Waals surface area contributed by atoms with E-state index < -0.39 is 0 Å². The van der Waals surface area contributed by atoms with Gasteiger partial charge in [0.25, 0.3) is 5.91 Å². The van der Waals surface area contributed by atoms with Gasteiger partial charge in [0.1, 0.15) is 0 Å². The fraction of sp³-hybridized carbons (Fsp3) is 0.360. The average Bonchev–Trinajstić information content (AvgIpc) is 3.12. The van der Waals surface area contributed by atoms with E-state index in [2.05, 4.69) is 20.8 Å². The third kappa shape index (κ3) is 6.01. The van der Waals surface area contributed by atoms with Crippen molar-refractivity contribution in [3.8, 4) is 0 Å². The summed E-state index contributed by atoms with van der Waals surface area (Å²) in [4.78, 5) is 25.4. The van der Waals surface area contributed by atoms with E-state index in [9.17, 15) is 9.59 Å². The van der Waals surface area contributed by atoms with Crippen LogP contribution in [0.4, 0.5) is 5.69 Å². The number of hydrogen-bond acceptors (Lipinski definition) is 5. The summed E-state index contributed by atoms with van der Waals surface area (Å²) >= 11 is 1.32. The zero-order chi connectivity index (χ0) is 24.1. The van der Waals surface area contributed by atoms with Crippen LogP contribution in [0.2, 0.25) is 0 Å². The molecule has 7 nitrogen and oxygen atoms in total. The van der Waals surface area contributed by atoms with Crippen LogP contribution >= 0.6 is 11.8 Å². The summed E-state index contributed by atoms with van der Waals surface area (Å²) in [6.45, 7) is 9.96.